The Morgan fingerprint density at radius 2 is 2.13 bits per heavy atom. The van der Waals surface area contributed by atoms with Crippen molar-refractivity contribution in [3.05, 3.63) is 41.0 Å². The molecule has 0 atom stereocenters. The van der Waals surface area contributed by atoms with Crippen molar-refractivity contribution in [2.45, 2.75) is 18.9 Å². The van der Waals surface area contributed by atoms with Gasteiger partial charge in [-0.2, -0.15) is 0 Å². The van der Waals surface area contributed by atoms with Gasteiger partial charge in [0, 0.05) is 61.0 Å². The van der Waals surface area contributed by atoms with E-state index in [0.29, 0.717) is 28.3 Å². The molecule has 3 aromatic rings. The number of anilines is 1. The van der Waals surface area contributed by atoms with Gasteiger partial charge in [-0.1, -0.05) is 17.7 Å². The van der Waals surface area contributed by atoms with Crippen molar-refractivity contribution in [3.63, 3.8) is 0 Å². The van der Waals surface area contributed by atoms with Gasteiger partial charge in [0.25, 0.3) is 5.91 Å². The minimum Gasteiger partial charge on any atom is -0.353 e. The van der Waals surface area contributed by atoms with E-state index in [1.807, 2.05) is 24.3 Å². The predicted octanol–water partition coefficient (Wildman–Crippen LogP) is 3.22. The van der Waals surface area contributed by atoms with Crippen molar-refractivity contribution in [1.29, 1.82) is 0 Å². The van der Waals surface area contributed by atoms with Gasteiger partial charge in [-0.25, -0.2) is 9.97 Å². The number of halogens is 1. The molecule has 31 heavy (non-hydrogen) atoms. The van der Waals surface area contributed by atoms with E-state index in [1.54, 1.807) is 17.5 Å². The lowest BCUT2D eigenvalue weighted by atomic mass is 10.1. The van der Waals surface area contributed by atoms with Crippen LogP contribution in [0, 0.1) is 0 Å². The number of fused-ring (bicyclic) bond motifs is 1. The van der Waals surface area contributed by atoms with Crippen molar-refractivity contribution >= 4 is 44.9 Å². The molecule has 9 heteroatoms. The van der Waals surface area contributed by atoms with E-state index in [4.69, 9.17) is 11.6 Å². The van der Waals surface area contributed by atoms with E-state index >= 15 is 0 Å². The molecule has 0 spiro atoms. The maximum Gasteiger partial charge on any atom is 0.252 e. The maximum atomic E-state index is 12.6. The van der Waals surface area contributed by atoms with Gasteiger partial charge in [-0.3, -0.25) is 9.69 Å². The summed E-state index contributed by atoms with van der Waals surface area (Å²) >= 11 is 8.04. The van der Waals surface area contributed by atoms with Crippen LogP contribution in [0.1, 0.15) is 23.2 Å². The fourth-order valence-corrected chi connectivity index (χ4v) is 5.09. The Hall–Kier alpha value is -2.26. The third kappa shape index (κ3) is 4.82. The number of benzene rings is 1. The van der Waals surface area contributed by atoms with Gasteiger partial charge in [0.2, 0.25) is 5.95 Å². The monoisotopic (exact) mass is 456 g/mol. The third-order valence-corrected chi connectivity index (χ3v) is 7.00. The lowest BCUT2D eigenvalue weighted by Crippen LogP contribution is -2.45. The summed E-state index contributed by atoms with van der Waals surface area (Å²) in [4.78, 5) is 25.0. The van der Waals surface area contributed by atoms with Gasteiger partial charge < -0.3 is 16.0 Å². The van der Waals surface area contributed by atoms with Crippen LogP contribution in [0.5, 0.6) is 0 Å². The topological polar surface area (TPSA) is 82.2 Å². The normalized spacial score (nSPS) is 17.1. The molecule has 162 valence electrons. The van der Waals surface area contributed by atoms with Gasteiger partial charge in [-0.05, 0) is 31.0 Å². The number of carbonyl (C=O) groups is 1. The zero-order chi connectivity index (χ0) is 21.2. The Morgan fingerprint density at radius 3 is 2.94 bits per heavy atom. The molecular formula is C22H25ClN6OS. The molecule has 0 bridgehead atoms. The van der Waals surface area contributed by atoms with Crippen molar-refractivity contribution in [1.82, 2.24) is 25.5 Å². The molecule has 1 aromatic carbocycles. The van der Waals surface area contributed by atoms with Crippen molar-refractivity contribution in [2.24, 2.45) is 0 Å². The van der Waals surface area contributed by atoms with Gasteiger partial charge in [0.05, 0.1) is 16.1 Å². The summed E-state index contributed by atoms with van der Waals surface area (Å²) in [5, 5.41) is 11.2. The van der Waals surface area contributed by atoms with Crippen LogP contribution in [-0.4, -0.2) is 66.1 Å². The summed E-state index contributed by atoms with van der Waals surface area (Å²) in [6.45, 7) is 5.92. The highest BCUT2D eigenvalue weighted by Crippen LogP contribution is 2.37. The number of amides is 1. The summed E-state index contributed by atoms with van der Waals surface area (Å²) in [5.41, 5.74) is 1.39. The molecular weight excluding hydrogens is 432 g/mol. The van der Waals surface area contributed by atoms with Gasteiger partial charge in [0.15, 0.2) is 0 Å². The number of aromatic nitrogens is 2. The molecule has 3 N–H and O–H groups in total. The second-order valence-corrected chi connectivity index (χ2v) is 9.48. The Labute approximate surface area is 190 Å². The second-order valence-electron chi connectivity index (χ2n) is 7.98. The molecule has 1 amide bonds. The number of carbonyl (C=O) groups excluding carboxylic acids is 1. The van der Waals surface area contributed by atoms with Crippen LogP contribution < -0.4 is 16.0 Å². The highest BCUT2D eigenvalue weighted by molar-refractivity contribution is 7.22. The Bertz CT molecular complexity index is 1090. The number of hydrogen-bond donors (Lipinski definition) is 3. The first-order valence-electron chi connectivity index (χ1n) is 10.7. The molecule has 1 aliphatic carbocycles. The Balaban J connectivity index is 1.35. The Morgan fingerprint density at radius 1 is 1.29 bits per heavy atom. The third-order valence-electron chi connectivity index (χ3n) is 5.62. The molecule has 1 saturated carbocycles. The summed E-state index contributed by atoms with van der Waals surface area (Å²) in [5.74, 6) is 0.556. The highest BCUT2D eigenvalue weighted by Gasteiger charge is 2.25. The average Bonchev–Trinajstić information content (AvgIpc) is 3.49. The summed E-state index contributed by atoms with van der Waals surface area (Å²) in [6.07, 6.45) is 3.78. The lowest BCUT2D eigenvalue weighted by Gasteiger charge is -2.27. The van der Waals surface area contributed by atoms with Crippen LogP contribution in [0.2, 0.25) is 5.02 Å². The second kappa shape index (κ2) is 9.08. The maximum absolute atomic E-state index is 12.6. The van der Waals surface area contributed by atoms with Crippen LogP contribution >= 0.6 is 22.9 Å². The fourth-order valence-electron chi connectivity index (χ4n) is 3.75. The molecule has 1 saturated heterocycles. The van der Waals surface area contributed by atoms with Gasteiger partial charge in [0.1, 0.15) is 5.69 Å². The number of piperazine rings is 1. The molecule has 1 aliphatic heterocycles. The van der Waals surface area contributed by atoms with Crippen LogP contribution in [-0.2, 0) is 0 Å². The van der Waals surface area contributed by atoms with Crippen molar-refractivity contribution in [3.8, 4) is 10.6 Å². The minimum absolute atomic E-state index is 0.0125. The zero-order valence-electron chi connectivity index (χ0n) is 17.2. The molecule has 2 aliphatic rings. The quantitative estimate of drug-likeness (QED) is 0.506. The first kappa shape index (κ1) is 20.6. The number of nitrogens with one attached hydrogen (secondary N) is 3. The number of thiophene rings is 1. The molecule has 3 heterocycles. The van der Waals surface area contributed by atoms with E-state index in [9.17, 15) is 4.79 Å². The summed E-state index contributed by atoms with van der Waals surface area (Å²) in [7, 11) is 0. The number of nitrogens with zero attached hydrogens (tertiary/aromatic N) is 3. The van der Waals surface area contributed by atoms with Crippen LogP contribution in [0.25, 0.3) is 20.7 Å². The van der Waals surface area contributed by atoms with Crippen LogP contribution in [0.3, 0.4) is 0 Å². The van der Waals surface area contributed by atoms with Gasteiger partial charge in [-0.15, -0.1) is 11.3 Å². The van der Waals surface area contributed by atoms with E-state index in [0.717, 1.165) is 67.1 Å². The van der Waals surface area contributed by atoms with E-state index in [2.05, 4.69) is 30.8 Å². The molecule has 0 unspecified atom stereocenters. The first-order valence-corrected chi connectivity index (χ1v) is 11.9. The van der Waals surface area contributed by atoms with Crippen LogP contribution in [0.4, 0.5) is 5.95 Å². The van der Waals surface area contributed by atoms with E-state index in [1.165, 1.54) is 0 Å². The van der Waals surface area contributed by atoms with Gasteiger partial charge >= 0.3 is 0 Å². The fraction of sp³-hybridized carbons (Fsp3) is 0.409. The van der Waals surface area contributed by atoms with Crippen molar-refractivity contribution in [2.75, 3.05) is 44.6 Å². The molecule has 5 rings (SSSR count). The predicted molar refractivity (Wildman–Crippen MR) is 126 cm³/mol. The van der Waals surface area contributed by atoms with E-state index in [-0.39, 0.29) is 5.91 Å². The highest BCUT2D eigenvalue weighted by atomic mass is 35.5. The largest absolute Gasteiger partial charge is 0.353 e. The first-order chi connectivity index (χ1) is 15.2. The average molecular weight is 457 g/mol. The number of rotatable bonds is 7. The van der Waals surface area contributed by atoms with Crippen LogP contribution in [0.15, 0.2) is 30.5 Å². The molecule has 7 nitrogen and oxygen atoms in total. The standard InChI is InChI=1S/C22H25ClN6OS/c23-17-13-26-22(25-8-11-29-9-6-24-7-10-29)28-20(17)19-12-16-15(2-1-3-18(16)31-19)21(30)27-14-4-5-14/h1-3,12-14,24H,4-11H2,(H,27,30)(H,25,26,28). The lowest BCUT2D eigenvalue weighted by molar-refractivity contribution is 0.0953. The van der Waals surface area contributed by atoms with E-state index < -0.39 is 0 Å². The molecule has 2 aromatic heterocycles. The molecule has 0 radical (unpaired) electrons. The van der Waals surface area contributed by atoms with Crippen molar-refractivity contribution < 1.29 is 4.79 Å². The zero-order valence-corrected chi connectivity index (χ0v) is 18.7. The summed E-state index contributed by atoms with van der Waals surface area (Å²) < 4.78 is 1.04. The summed E-state index contributed by atoms with van der Waals surface area (Å²) in [6, 6.07) is 8.17. The number of hydrogen-bond acceptors (Lipinski definition) is 7. The Kier molecular flexibility index (Phi) is 6.04. The smallest absolute Gasteiger partial charge is 0.252 e. The molecule has 2 fully saturated rings. The minimum atomic E-state index is -0.0125. The SMILES string of the molecule is O=C(NC1CC1)c1cccc2sc(-c3nc(NCCN4CCNCC4)ncc3Cl)cc12.